The summed E-state index contributed by atoms with van der Waals surface area (Å²) in [6.07, 6.45) is 0. The largest absolute Gasteiger partial charge is 0.337 e. The third-order valence-electron chi connectivity index (χ3n) is 4.58. The van der Waals surface area contributed by atoms with Gasteiger partial charge in [-0.15, -0.1) is 0 Å². The van der Waals surface area contributed by atoms with Crippen molar-refractivity contribution in [3.05, 3.63) is 103 Å². The molecule has 0 aromatic heterocycles. The first kappa shape index (κ1) is 18.3. The average molecular weight is 381 g/mol. The standard InChI is InChI=1S/C24H19N3O2/c28-23(20-15-13-18(14-16-20)17-7-2-1-3-8-17)26-27-24(29)25-22-12-6-10-19-9-4-5-11-21(19)22/h1-16H,(H,26,28)(H2,25,27,29). The number of hydrazine groups is 1. The fourth-order valence-electron chi connectivity index (χ4n) is 3.12. The summed E-state index contributed by atoms with van der Waals surface area (Å²) < 4.78 is 0. The van der Waals surface area contributed by atoms with Crippen LogP contribution in [0.1, 0.15) is 10.4 Å². The quantitative estimate of drug-likeness (QED) is 0.438. The Labute approximate surface area is 168 Å². The molecule has 0 aliphatic carbocycles. The monoisotopic (exact) mass is 381 g/mol. The van der Waals surface area contributed by atoms with Gasteiger partial charge in [-0.1, -0.05) is 78.9 Å². The number of carbonyl (C=O) groups is 2. The minimum Gasteiger partial charge on any atom is -0.306 e. The van der Waals surface area contributed by atoms with E-state index in [1.165, 1.54) is 0 Å². The van der Waals surface area contributed by atoms with Gasteiger partial charge in [0.05, 0.1) is 5.69 Å². The predicted molar refractivity (Wildman–Crippen MR) is 115 cm³/mol. The Balaban J connectivity index is 1.37. The van der Waals surface area contributed by atoms with Gasteiger partial charge < -0.3 is 5.32 Å². The Hall–Kier alpha value is -4.12. The van der Waals surface area contributed by atoms with Crippen molar-refractivity contribution in [3.63, 3.8) is 0 Å². The summed E-state index contributed by atoms with van der Waals surface area (Å²) in [5.41, 5.74) is 8.03. The van der Waals surface area contributed by atoms with E-state index in [1.807, 2.05) is 84.9 Å². The zero-order valence-electron chi connectivity index (χ0n) is 15.6. The molecule has 3 amide bonds. The molecule has 0 bridgehead atoms. The van der Waals surface area contributed by atoms with E-state index in [0.717, 1.165) is 21.9 Å². The molecule has 0 saturated carbocycles. The number of hydrogen-bond acceptors (Lipinski definition) is 2. The van der Waals surface area contributed by atoms with Crippen molar-refractivity contribution in [3.8, 4) is 11.1 Å². The van der Waals surface area contributed by atoms with Crippen LogP contribution in [-0.4, -0.2) is 11.9 Å². The van der Waals surface area contributed by atoms with E-state index in [0.29, 0.717) is 11.3 Å². The normalized spacial score (nSPS) is 10.3. The van der Waals surface area contributed by atoms with Crippen molar-refractivity contribution in [2.24, 2.45) is 0 Å². The first-order chi connectivity index (χ1) is 14.2. The van der Waals surface area contributed by atoms with E-state index in [1.54, 1.807) is 12.1 Å². The minimum atomic E-state index is -0.518. The molecular formula is C24H19N3O2. The molecule has 3 N–H and O–H groups in total. The number of urea groups is 1. The highest BCUT2D eigenvalue weighted by molar-refractivity contribution is 6.02. The lowest BCUT2D eigenvalue weighted by Gasteiger charge is -2.11. The number of rotatable bonds is 3. The van der Waals surface area contributed by atoms with Crippen LogP contribution >= 0.6 is 0 Å². The molecule has 0 fully saturated rings. The molecule has 0 atom stereocenters. The van der Waals surface area contributed by atoms with Gasteiger partial charge in [0.1, 0.15) is 0 Å². The van der Waals surface area contributed by atoms with E-state index in [2.05, 4.69) is 16.2 Å². The smallest absolute Gasteiger partial charge is 0.306 e. The molecule has 0 saturated heterocycles. The molecule has 4 rings (SSSR count). The second-order valence-corrected chi connectivity index (χ2v) is 6.50. The number of fused-ring (bicyclic) bond motifs is 1. The lowest BCUT2D eigenvalue weighted by atomic mass is 10.0. The third kappa shape index (κ3) is 4.25. The molecule has 29 heavy (non-hydrogen) atoms. The lowest BCUT2D eigenvalue weighted by molar-refractivity contribution is 0.0938. The second kappa shape index (κ2) is 8.27. The van der Waals surface area contributed by atoms with Crippen molar-refractivity contribution in [1.29, 1.82) is 0 Å². The Morgan fingerprint density at radius 1 is 0.586 bits per heavy atom. The maximum Gasteiger partial charge on any atom is 0.337 e. The Kier molecular flexibility index (Phi) is 5.21. The zero-order chi connectivity index (χ0) is 20.1. The SMILES string of the molecule is O=C(NNC(=O)c1ccc(-c2ccccc2)cc1)Nc1cccc2ccccc12. The van der Waals surface area contributed by atoms with Crippen molar-refractivity contribution in [1.82, 2.24) is 10.9 Å². The summed E-state index contributed by atoms with van der Waals surface area (Å²) in [6.45, 7) is 0. The van der Waals surface area contributed by atoms with Crippen LogP contribution in [0.2, 0.25) is 0 Å². The Morgan fingerprint density at radius 3 is 2.03 bits per heavy atom. The van der Waals surface area contributed by atoms with Gasteiger partial charge in [0.15, 0.2) is 0 Å². The van der Waals surface area contributed by atoms with Crippen molar-refractivity contribution in [2.45, 2.75) is 0 Å². The number of nitrogens with one attached hydrogen (secondary N) is 3. The maximum absolute atomic E-state index is 12.3. The van der Waals surface area contributed by atoms with Crippen LogP contribution in [0.3, 0.4) is 0 Å². The van der Waals surface area contributed by atoms with E-state index in [9.17, 15) is 9.59 Å². The predicted octanol–water partition coefficient (Wildman–Crippen LogP) is 4.97. The summed E-state index contributed by atoms with van der Waals surface area (Å²) in [5.74, 6) is -0.391. The molecule has 5 nitrogen and oxygen atoms in total. The summed E-state index contributed by atoms with van der Waals surface area (Å²) in [4.78, 5) is 24.5. The van der Waals surface area contributed by atoms with Crippen LogP contribution in [0.25, 0.3) is 21.9 Å². The van der Waals surface area contributed by atoms with Crippen LogP contribution in [-0.2, 0) is 0 Å². The zero-order valence-corrected chi connectivity index (χ0v) is 15.6. The summed E-state index contributed by atoms with van der Waals surface area (Å²) in [7, 11) is 0. The van der Waals surface area contributed by atoms with Gasteiger partial charge in [-0.25, -0.2) is 10.2 Å². The number of amides is 3. The van der Waals surface area contributed by atoms with Gasteiger partial charge in [-0.05, 0) is 34.7 Å². The summed E-state index contributed by atoms with van der Waals surface area (Å²) in [6, 6.07) is 30.0. The molecule has 0 aliphatic heterocycles. The van der Waals surface area contributed by atoms with Crippen LogP contribution < -0.4 is 16.2 Å². The topological polar surface area (TPSA) is 70.2 Å². The first-order valence-corrected chi connectivity index (χ1v) is 9.21. The average Bonchev–Trinajstić information content (AvgIpc) is 2.78. The highest BCUT2D eigenvalue weighted by atomic mass is 16.2. The van der Waals surface area contributed by atoms with Gasteiger partial charge in [-0.3, -0.25) is 10.2 Å². The Bertz CT molecular complexity index is 1150. The van der Waals surface area contributed by atoms with E-state index >= 15 is 0 Å². The fraction of sp³-hybridized carbons (Fsp3) is 0. The van der Waals surface area contributed by atoms with Crippen LogP contribution in [0.15, 0.2) is 97.1 Å². The first-order valence-electron chi connectivity index (χ1n) is 9.21. The molecule has 142 valence electrons. The molecular weight excluding hydrogens is 362 g/mol. The lowest BCUT2D eigenvalue weighted by Crippen LogP contribution is -2.43. The van der Waals surface area contributed by atoms with Gasteiger partial charge in [0, 0.05) is 10.9 Å². The number of carbonyl (C=O) groups excluding carboxylic acids is 2. The Morgan fingerprint density at radius 2 is 1.24 bits per heavy atom. The second-order valence-electron chi connectivity index (χ2n) is 6.50. The van der Waals surface area contributed by atoms with E-state index in [4.69, 9.17) is 0 Å². The van der Waals surface area contributed by atoms with Gasteiger partial charge in [0.2, 0.25) is 0 Å². The van der Waals surface area contributed by atoms with Gasteiger partial charge in [-0.2, -0.15) is 0 Å². The molecule has 0 aliphatic rings. The third-order valence-corrected chi connectivity index (χ3v) is 4.58. The molecule has 0 radical (unpaired) electrons. The summed E-state index contributed by atoms with van der Waals surface area (Å²) in [5, 5.41) is 4.70. The van der Waals surface area contributed by atoms with Gasteiger partial charge in [0.25, 0.3) is 5.91 Å². The number of hydrogen-bond donors (Lipinski definition) is 3. The molecule has 0 heterocycles. The molecule has 5 heteroatoms. The summed E-state index contributed by atoms with van der Waals surface area (Å²) >= 11 is 0. The van der Waals surface area contributed by atoms with Crippen LogP contribution in [0.4, 0.5) is 10.5 Å². The van der Waals surface area contributed by atoms with Crippen molar-refractivity contribution in [2.75, 3.05) is 5.32 Å². The molecule has 4 aromatic carbocycles. The highest BCUT2D eigenvalue weighted by Crippen LogP contribution is 2.22. The van der Waals surface area contributed by atoms with Gasteiger partial charge >= 0.3 is 6.03 Å². The number of anilines is 1. The van der Waals surface area contributed by atoms with Crippen LogP contribution in [0.5, 0.6) is 0 Å². The minimum absolute atomic E-state index is 0.391. The fourth-order valence-corrected chi connectivity index (χ4v) is 3.12. The highest BCUT2D eigenvalue weighted by Gasteiger charge is 2.09. The van der Waals surface area contributed by atoms with E-state index < -0.39 is 11.9 Å². The molecule has 0 spiro atoms. The van der Waals surface area contributed by atoms with Crippen LogP contribution in [0, 0.1) is 0 Å². The van der Waals surface area contributed by atoms with Crippen molar-refractivity contribution >= 4 is 28.4 Å². The molecule has 4 aromatic rings. The molecule has 0 unspecified atom stereocenters. The van der Waals surface area contributed by atoms with Crippen molar-refractivity contribution < 1.29 is 9.59 Å². The van der Waals surface area contributed by atoms with E-state index in [-0.39, 0.29) is 0 Å². The number of benzene rings is 4. The maximum atomic E-state index is 12.3.